The zero-order chi connectivity index (χ0) is 29.3. The van der Waals surface area contributed by atoms with E-state index >= 15 is 0 Å². The molecular weight excluding hydrogens is 530 g/mol. The third-order valence-corrected chi connectivity index (χ3v) is 9.66. The molecule has 0 amide bonds. The third kappa shape index (κ3) is 3.44. The highest BCUT2D eigenvalue weighted by Gasteiger charge is 2.49. The van der Waals surface area contributed by atoms with E-state index in [0.717, 1.165) is 16.8 Å². The Kier molecular flexibility index (Phi) is 5.39. The van der Waals surface area contributed by atoms with Crippen molar-refractivity contribution in [1.82, 2.24) is 4.98 Å². The lowest BCUT2D eigenvalue weighted by Gasteiger charge is -2.35. The van der Waals surface area contributed by atoms with Gasteiger partial charge in [0.15, 0.2) is 0 Å². The average Bonchev–Trinajstić information content (AvgIpc) is 3.34. The van der Waals surface area contributed by atoms with Crippen LogP contribution < -0.4 is 0 Å². The smallest absolute Gasteiger partial charge is 0.0725 e. The van der Waals surface area contributed by atoms with Gasteiger partial charge in [-0.1, -0.05) is 145 Å². The Hall–Kier alpha value is -5.53. The van der Waals surface area contributed by atoms with Crippen LogP contribution >= 0.6 is 0 Å². The number of fused-ring (bicyclic) bond motifs is 12. The van der Waals surface area contributed by atoms with Crippen LogP contribution in [-0.2, 0) is 5.41 Å². The van der Waals surface area contributed by atoms with E-state index in [0.29, 0.717) is 0 Å². The van der Waals surface area contributed by atoms with E-state index in [9.17, 15) is 0 Å². The van der Waals surface area contributed by atoms with Gasteiger partial charge in [0.1, 0.15) is 0 Å². The van der Waals surface area contributed by atoms with Crippen molar-refractivity contribution in [3.8, 4) is 55.8 Å². The molecule has 1 heteroatoms. The van der Waals surface area contributed by atoms with Gasteiger partial charge in [-0.05, 0) is 80.3 Å². The quantitative estimate of drug-likeness (QED) is 0.205. The fourth-order valence-corrected chi connectivity index (χ4v) is 7.69. The zero-order valence-corrected chi connectivity index (χ0v) is 24.5. The maximum atomic E-state index is 5.01. The summed E-state index contributed by atoms with van der Waals surface area (Å²) in [5.41, 5.74) is 18.2. The molecule has 6 aromatic carbocycles. The molecule has 44 heavy (non-hydrogen) atoms. The maximum absolute atomic E-state index is 5.01. The summed E-state index contributed by atoms with van der Waals surface area (Å²) in [4.78, 5) is 5.01. The van der Waals surface area contributed by atoms with Crippen molar-refractivity contribution in [2.24, 2.45) is 0 Å². The molecule has 9 rings (SSSR count). The Morgan fingerprint density at radius 3 is 1.39 bits per heavy atom. The molecule has 0 unspecified atom stereocenters. The van der Waals surface area contributed by atoms with Gasteiger partial charge < -0.3 is 0 Å². The largest absolute Gasteiger partial charge is 0.256 e. The van der Waals surface area contributed by atoms with E-state index in [-0.39, 0.29) is 0 Å². The van der Waals surface area contributed by atoms with Crippen molar-refractivity contribution in [3.05, 3.63) is 186 Å². The molecule has 0 saturated heterocycles. The Balaban J connectivity index is 1.35. The van der Waals surface area contributed by atoms with E-state index in [4.69, 9.17) is 4.98 Å². The van der Waals surface area contributed by atoms with Crippen molar-refractivity contribution in [2.45, 2.75) is 12.3 Å². The minimum atomic E-state index is -0.476. The zero-order valence-electron chi connectivity index (χ0n) is 24.5. The first-order chi connectivity index (χ1) is 21.7. The van der Waals surface area contributed by atoms with Crippen LogP contribution in [0.15, 0.2) is 158 Å². The predicted molar refractivity (Wildman–Crippen MR) is 182 cm³/mol. The van der Waals surface area contributed by atoms with Gasteiger partial charge in [0.25, 0.3) is 0 Å². The molecule has 0 aliphatic heterocycles. The Labute approximate surface area is 258 Å². The lowest BCUT2D eigenvalue weighted by atomic mass is 9.65. The van der Waals surface area contributed by atoms with Crippen molar-refractivity contribution in [3.63, 3.8) is 0 Å². The second-order valence-corrected chi connectivity index (χ2v) is 12.0. The summed E-state index contributed by atoms with van der Waals surface area (Å²) < 4.78 is 0. The van der Waals surface area contributed by atoms with Gasteiger partial charge in [-0.2, -0.15) is 0 Å². The third-order valence-electron chi connectivity index (χ3n) is 9.66. The second kappa shape index (κ2) is 9.49. The summed E-state index contributed by atoms with van der Waals surface area (Å²) >= 11 is 0. The molecule has 0 radical (unpaired) electrons. The number of pyridine rings is 1. The molecule has 0 N–H and O–H groups in total. The molecule has 2 aliphatic rings. The van der Waals surface area contributed by atoms with Crippen LogP contribution in [0.3, 0.4) is 0 Å². The van der Waals surface area contributed by atoms with Crippen LogP contribution in [0.2, 0.25) is 0 Å². The van der Waals surface area contributed by atoms with Crippen LogP contribution in [0.4, 0.5) is 0 Å². The van der Waals surface area contributed by atoms with Gasteiger partial charge in [0.05, 0.1) is 11.1 Å². The van der Waals surface area contributed by atoms with Crippen molar-refractivity contribution >= 4 is 0 Å². The Bertz CT molecular complexity index is 2180. The maximum Gasteiger partial charge on any atom is 0.0725 e. The van der Waals surface area contributed by atoms with Gasteiger partial charge in [-0.3, -0.25) is 4.98 Å². The summed E-state index contributed by atoms with van der Waals surface area (Å²) in [5, 5.41) is 0. The van der Waals surface area contributed by atoms with Crippen LogP contribution in [0.1, 0.15) is 27.8 Å². The van der Waals surface area contributed by atoms with Gasteiger partial charge in [0, 0.05) is 17.3 Å². The number of rotatable bonds is 2. The van der Waals surface area contributed by atoms with E-state index in [1.54, 1.807) is 0 Å². The first kappa shape index (κ1) is 25.0. The second-order valence-electron chi connectivity index (χ2n) is 12.0. The molecule has 1 spiro atoms. The van der Waals surface area contributed by atoms with Crippen molar-refractivity contribution < 1.29 is 0 Å². The van der Waals surface area contributed by atoms with Gasteiger partial charge in [-0.15, -0.1) is 0 Å². The highest BCUT2D eigenvalue weighted by Crippen LogP contribution is 2.61. The summed E-state index contributed by atoms with van der Waals surface area (Å²) in [6.07, 6.45) is 2.01. The molecule has 0 saturated carbocycles. The number of nitrogens with zero attached hydrogens (tertiary/aromatic N) is 1. The van der Waals surface area contributed by atoms with E-state index in [2.05, 4.69) is 159 Å². The van der Waals surface area contributed by atoms with Gasteiger partial charge in [0.2, 0.25) is 0 Å². The van der Waals surface area contributed by atoms with Crippen LogP contribution in [0, 0.1) is 6.92 Å². The molecule has 0 fully saturated rings. The van der Waals surface area contributed by atoms with Gasteiger partial charge >= 0.3 is 0 Å². The molecule has 1 nitrogen and oxygen atoms in total. The van der Waals surface area contributed by atoms with E-state index in [1.165, 1.54) is 66.8 Å². The molecule has 206 valence electrons. The van der Waals surface area contributed by atoms with Crippen molar-refractivity contribution in [2.75, 3.05) is 0 Å². The standard InChI is InChI=1S/C43H29N/c1-28-18-20-29(21-19-28)31-23-25-42(44-27-31)30-22-24-37-33-11-3-2-10-32(33)34-12-4-7-15-38(34)43(41(37)26-30)39-16-8-5-13-35(39)36-14-6-9-17-40(36)43/h2-27H,1H3. The van der Waals surface area contributed by atoms with E-state index < -0.39 is 5.41 Å². The molecular formula is C43H29N. The molecule has 1 heterocycles. The fourth-order valence-electron chi connectivity index (χ4n) is 7.69. The minimum Gasteiger partial charge on any atom is -0.256 e. The van der Waals surface area contributed by atoms with Crippen molar-refractivity contribution in [1.29, 1.82) is 0 Å². The molecule has 2 aliphatic carbocycles. The van der Waals surface area contributed by atoms with Crippen LogP contribution in [0.25, 0.3) is 55.8 Å². The topological polar surface area (TPSA) is 12.9 Å². The summed E-state index contributed by atoms with van der Waals surface area (Å²) in [5.74, 6) is 0. The Morgan fingerprint density at radius 1 is 0.386 bits per heavy atom. The lowest BCUT2D eigenvalue weighted by molar-refractivity contribution is 0.775. The molecule has 7 aromatic rings. The number of hydrogen-bond donors (Lipinski definition) is 0. The summed E-state index contributed by atoms with van der Waals surface area (Å²) in [7, 11) is 0. The average molecular weight is 560 g/mol. The monoisotopic (exact) mass is 559 g/mol. The SMILES string of the molecule is Cc1ccc(-c2ccc(-c3ccc4c(c3)C3(c5ccccc5-c5ccccc5-4)c4ccccc4-c4ccccc43)nc2)cc1. The van der Waals surface area contributed by atoms with E-state index in [1.807, 2.05) is 6.20 Å². The highest BCUT2D eigenvalue weighted by molar-refractivity contribution is 5.97. The molecule has 0 bridgehead atoms. The fraction of sp³-hybridized carbons (Fsp3) is 0.0465. The minimum absolute atomic E-state index is 0.476. The lowest BCUT2D eigenvalue weighted by Crippen LogP contribution is -2.29. The first-order valence-electron chi connectivity index (χ1n) is 15.3. The van der Waals surface area contributed by atoms with Gasteiger partial charge in [-0.25, -0.2) is 0 Å². The highest BCUT2D eigenvalue weighted by atomic mass is 14.7. The first-order valence-corrected chi connectivity index (χ1v) is 15.3. The summed E-state index contributed by atoms with van der Waals surface area (Å²) in [6, 6.07) is 55.9. The molecule has 0 atom stereocenters. The number of aromatic nitrogens is 1. The number of aryl methyl sites for hydroxylation is 1. The normalized spacial score (nSPS) is 13.3. The van der Waals surface area contributed by atoms with Crippen LogP contribution in [-0.4, -0.2) is 4.98 Å². The Morgan fingerprint density at radius 2 is 0.841 bits per heavy atom. The predicted octanol–water partition coefficient (Wildman–Crippen LogP) is 10.7. The molecule has 1 aromatic heterocycles. The van der Waals surface area contributed by atoms with Crippen LogP contribution in [0.5, 0.6) is 0 Å². The number of hydrogen-bond acceptors (Lipinski definition) is 1. The number of benzene rings is 6. The summed E-state index contributed by atoms with van der Waals surface area (Å²) in [6.45, 7) is 2.12.